The summed E-state index contributed by atoms with van der Waals surface area (Å²) < 4.78 is 0. The van der Waals surface area contributed by atoms with Gasteiger partial charge in [-0.3, -0.25) is 0 Å². The lowest BCUT2D eigenvalue weighted by molar-refractivity contribution is 1.50. The van der Waals surface area contributed by atoms with Gasteiger partial charge in [-0.15, -0.1) is 0 Å². The third-order valence-corrected chi connectivity index (χ3v) is 7.68. The predicted molar refractivity (Wildman–Crippen MR) is 170 cm³/mol. The number of benzene rings is 7. The first-order chi connectivity index (χ1) is 19.9. The van der Waals surface area contributed by atoms with Gasteiger partial charge in [-0.05, 0) is 65.4 Å². The average molecular weight is 509 g/mol. The van der Waals surface area contributed by atoms with E-state index >= 15 is 0 Å². The lowest BCUT2D eigenvalue weighted by atomic mass is 9.86. The molecule has 7 aromatic rings. The Labute approximate surface area is 234 Å². The van der Waals surface area contributed by atoms with Gasteiger partial charge in [-0.1, -0.05) is 170 Å². The van der Waals surface area contributed by atoms with E-state index in [-0.39, 0.29) is 0 Å². The standard InChI is InChI=1S/C40H28/c1-5-17-29(18-6-1)37(30-19-7-2-8-20-30)39-33-25-13-15-27-35(33)40(36-28-16-14-26-34(36)39)38(31-21-9-3-10-22-31)32-23-11-4-12-24-32/h1-28H. The maximum absolute atomic E-state index is 2.29. The first kappa shape index (κ1) is 23.9. The first-order valence-corrected chi connectivity index (χ1v) is 13.8. The van der Waals surface area contributed by atoms with Crippen molar-refractivity contribution in [1.29, 1.82) is 0 Å². The minimum Gasteiger partial charge on any atom is -0.0622 e. The van der Waals surface area contributed by atoms with Crippen molar-refractivity contribution in [3.63, 3.8) is 0 Å². The minimum absolute atomic E-state index is 1.21. The maximum Gasteiger partial charge on any atom is -0.00143 e. The molecule has 0 aromatic heterocycles. The van der Waals surface area contributed by atoms with Crippen LogP contribution in [0.4, 0.5) is 0 Å². The highest BCUT2D eigenvalue weighted by Crippen LogP contribution is 2.27. The summed E-state index contributed by atoms with van der Waals surface area (Å²) in [5.41, 5.74) is 7.36. The Morgan fingerprint density at radius 3 is 0.650 bits per heavy atom. The van der Waals surface area contributed by atoms with Gasteiger partial charge in [0.1, 0.15) is 0 Å². The fourth-order valence-electron chi connectivity index (χ4n) is 6.00. The molecule has 0 aliphatic rings. The van der Waals surface area contributed by atoms with Crippen molar-refractivity contribution in [2.45, 2.75) is 0 Å². The van der Waals surface area contributed by atoms with E-state index in [1.54, 1.807) is 0 Å². The van der Waals surface area contributed by atoms with Crippen molar-refractivity contribution in [1.82, 2.24) is 0 Å². The summed E-state index contributed by atoms with van der Waals surface area (Å²) in [6, 6.07) is 61.1. The van der Waals surface area contributed by atoms with Gasteiger partial charge < -0.3 is 0 Å². The van der Waals surface area contributed by atoms with Gasteiger partial charge in [0.25, 0.3) is 0 Å². The summed E-state index contributed by atoms with van der Waals surface area (Å²) in [5, 5.41) is 7.55. The third kappa shape index (κ3) is 4.21. The third-order valence-electron chi connectivity index (χ3n) is 7.68. The van der Waals surface area contributed by atoms with E-state index in [4.69, 9.17) is 0 Å². The van der Waals surface area contributed by atoms with Gasteiger partial charge in [0.2, 0.25) is 0 Å². The van der Waals surface area contributed by atoms with Crippen molar-refractivity contribution in [2.75, 3.05) is 0 Å². The summed E-state index contributed by atoms with van der Waals surface area (Å²) in [5.74, 6) is 0. The highest BCUT2D eigenvalue weighted by molar-refractivity contribution is 6.06. The van der Waals surface area contributed by atoms with Crippen molar-refractivity contribution >= 4 is 32.7 Å². The number of rotatable bonds is 4. The Morgan fingerprint density at radius 2 is 0.425 bits per heavy atom. The van der Waals surface area contributed by atoms with Crippen LogP contribution in [0.3, 0.4) is 0 Å². The SMILES string of the molecule is c1ccc(C(c2ccccc2)=c2c3ccccc3c(=C(c3ccccc3)c3ccccc3)c3ccccc23)cc1. The van der Waals surface area contributed by atoms with E-state index in [1.165, 1.54) is 65.4 Å². The molecular weight excluding hydrogens is 480 g/mol. The maximum atomic E-state index is 2.29. The highest BCUT2D eigenvalue weighted by Gasteiger charge is 2.16. The molecule has 0 saturated carbocycles. The van der Waals surface area contributed by atoms with Crippen LogP contribution in [0.25, 0.3) is 32.7 Å². The van der Waals surface area contributed by atoms with Gasteiger partial charge in [0.05, 0.1) is 0 Å². The largest absolute Gasteiger partial charge is 0.0622 e. The van der Waals surface area contributed by atoms with Crippen molar-refractivity contribution in [2.24, 2.45) is 0 Å². The highest BCUT2D eigenvalue weighted by atomic mass is 14.2. The predicted octanol–water partition coefficient (Wildman–Crippen LogP) is 8.49. The molecule has 0 amide bonds. The molecule has 7 rings (SSSR count). The lowest BCUT2D eigenvalue weighted by Gasteiger charge is -2.17. The van der Waals surface area contributed by atoms with Crippen LogP contribution in [-0.2, 0) is 0 Å². The quantitative estimate of drug-likeness (QED) is 0.209. The molecular formula is C40H28. The molecule has 7 aromatic carbocycles. The summed E-state index contributed by atoms with van der Waals surface area (Å²) >= 11 is 0. The Bertz CT molecular complexity index is 1760. The van der Waals surface area contributed by atoms with Crippen LogP contribution in [0.5, 0.6) is 0 Å². The van der Waals surface area contributed by atoms with Crippen LogP contribution in [0.15, 0.2) is 170 Å². The second kappa shape index (κ2) is 10.5. The van der Waals surface area contributed by atoms with E-state index in [0.29, 0.717) is 0 Å². The zero-order valence-electron chi connectivity index (χ0n) is 22.2. The molecule has 0 N–H and O–H groups in total. The van der Waals surface area contributed by atoms with Gasteiger partial charge >= 0.3 is 0 Å². The zero-order chi connectivity index (χ0) is 26.7. The van der Waals surface area contributed by atoms with Gasteiger partial charge in [0, 0.05) is 0 Å². The fraction of sp³-hybridized carbons (Fsp3) is 0. The molecule has 0 spiro atoms. The Kier molecular flexibility index (Phi) is 6.28. The molecule has 0 fully saturated rings. The van der Waals surface area contributed by atoms with Gasteiger partial charge in [-0.25, -0.2) is 0 Å². The van der Waals surface area contributed by atoms with Crippen molar-refractivity contribution in [3.8, 4) is 0 Å². The topological polar surface area (TPSA) is 0 Å². The Hall–Kier alpha value is -5.20. The number of hydrogen-bond acceptors (Lipinski definition) is 0. The number of hydrogen-bond donors (Lipinski definition) is 0. The first-order valence-electron chi connectivity index (χ1n) is 13.8. The normalized spacial score (nSPS) is 11.0. The fourth-order valence-corrected chi connectivity index (χ4v) is 6.00. The minimum atomic E-state index is 1.21. The molecule has 0 heteroatoms. The Balaban J connectivity index is 1.81. The lowest BCUT2D eigenvalue weighted by Crippen LogP contribution is -2.20. The van der Waals surface area contributed by atoms with Gasteiger partial charge in [0.15, 0.2) is 0 Å². The molecule has 188 valence electrons. The van der Waals surface area contributed by atoms with E-state index in [0.717, 1.165) is 0 Å². The van der Waals surface area contributed by atoms with Crippen molar-refractivity contribution in [3.05, 3.63) is 203 Å². The van der Waals surface area contributed by atoms with Crippen LogP contribution in [0, 0.1) is 0 Å². The van der Waals surface area contributed by atoms with E-state index in [2.05, 4.69) is 170 Å². The second-order valence-corrected chi connectivity index (χ2v) is 10.1. The van der Waals surface area contributed by atoms with E-state index in [1.807, 2.05) is 0 Å². The van der Waals surface area contributed by atoms with Crippen LogP contribution >= 0.6 is 0 Å². The van der Waals surface area contributed by atoms with Gasteiger partial charge in [-0.2, -0.15) is 0 Å². The van der Waals surface area contributed by atoms with Crippen molar-refractivity contribution < 1.29 is 0 Å². The monoisotopic (exact) mass is 508 g/mol. The smallest absolute Gasteiger partial charge is 0.00143 e. The molecule has 0 atom stereocenters. The van der Waals surface area contributed by atoms with E-state index in [9.17, 15) is 0 Å². The summed E-state index contributed by atoms with van der Waals surface area (Å²) in [6.45, 7) is 0. The molecule has 0 radical (unpaired) electrons. The van der Waals surface area contributed by atoms with Crippen LogP contribution in [0.2, 0.25) is 0 Å². The average Bonchev–Trinajstić information content (AvgIpc) is 3.04. The molecule has 0 aliphatic carbocycles. The molecule has 0 saturated heterocycles. The molecule has 40 heavy (non-hydrogen) atoms. The van der Waals surface area contributed by atoms with Crippen LogP contribution in [0.1, 0.15) is 22.3 Å². The molecule has 0 unspecified atom stereocenters. The van der Waals surface area contributed by atoms with E-state index < -0.39 is 0 Å². The summed E-state index contributed by atoms with van der Waals surface area (Å²) in [4.78, 5) is 0. The molecule has 0 aliphatic heterocycles. The second-order valence-electron chi connectivity index (χ2n) is 10.1. The molecule has 0 heterocycles. The summed E-state index contributed by atoms with van der Waals surface area (Å²) in [7, 11) is 0. The zero-order valence-corrected chi connectivity index (χ0v) is 22.2. The summed E-state index contributed by atoms with van der Waals surface area (Å²) in [6.07, 6.45) is 0. The van der Waals surface area contributed by atoms with Crippen LogP contribution < -0.4 is 10.4 Å². The molecule has 0 nitrogen and oxygen atoms in total. The molecule has 0 bridgehead atoms. The van der Waals surface area contributed by atoms with Crippen LogP contribution in [-0.4, -0.2) is 0 Å². The Morgan fingerprint density at radius 1 is 0.225 bits per heavy atom. The number of fused-ring (bicyclic) bond motifs is 2.